The molecule has 108 valence electrons. The third-order valence-corrected chi connectivity index (χ3v) is 4.73. The fourth-order valence-corrected chi connectivity index (χ4v) is 3.25. The maximum Gasteiger partial charge on any atom is 0.226 e. The van der Waals surface area contributed by atoms with Gasteiger partial charge >= 0.3 is 0 Å². The molecule has 2 aromatic rings. The SMILES string of the molecule is CCCNc1nc(NCCC2CCC2)c2ccsc2n1. The summed E-state index contributed by atoms with van der Waals surface area (Å²) < 4.78 is 0. The Balaban J connectivity index is 1.70. The molecule has 20 heavy (non-hydrogen) atoms. The number of thiophene rings is 1. The van der Waals surface area contributed by atoms with E-state index in [1.165, 1.54) is 25.7 Å². The van der Waals surface area contributed by atoms with Gasteiger partial charge in [0.15, 0.2) is 0 Å². The average molecular weight is 290 g/mol. The molecule has 0 radical (unpaired) electrons. The molecule has 5 heteroatoms. The lowest BCUT2D eigenvalue weighted by Crippen LogP contribution is -2.16. The van der Waals surface area contributed by atoms with E-state index in [9.17, 15) is 0 Å². The molecule has 0 bridgehead atoms. The van der Waals surface area contributed by atoms with Crippen LogP contribution in [0.5, 0.6) is 0 Å². The van der Waals surface area contributed by atoms with Gasteiger partial charge in [-0.05, 0) is 30.2 Å². The molecule has 0 aliphatic heterocycles. The molecule has 0 atom stereocenters. The Bertz CT molecular complexity index is 562. The fraction of sp³-hybridized carbons (Fsp3) is 0.600. The molecule has 1 saturated carbocycles. The van der Waals surface area contributed by atoms with Gasteiger partial charge in [-0.1, -0.05) is 26.2 Å². The van der Waals surface area contributed by atoms with E-state index < -0.39 is 0 Å². The van der Waals surface area contributed by atoms with Crippen LogP contribution in [0.25, 0.3) is 10.2 Å². The zero-order valence-corrected chi connectivity index (χ0v) is 12.8. The van der Waals surface area contributed by atoms with E-state index in [0.717, 1.165) is 47.4 Å². The van der Waals surface area contributed by atoms with Gasteiger partial charge in [0.1, 0.15) is 10.6 Å². The van der Waals surface area contributed by atoms with Crippen molar-refractivity contribution in [3.8, 4) is 0 Å². The Hall–Kier alpha value is -1.36. The molecule has 0 saturated heterocycles. The van der Waals surface area contributed by atoms with Crippen LogP contribution in [0.3, 0.4) is 0 Å². The Morgan fingerprint density at radius 3 is 2.90 bits per heavy atom. The van der Waals surface area contributed by atoms with Gasteiger partial charge in [0, 0.05) is 13.1 Å². The number of aromatic nitrogens is 2. The second-order valence-corrected chi connectivity index (χ2v) is 6.37. The average Bonchev–Trinajstić information content (AvgIpc) is 2.87. The summed E-state index contributed by atoms with van der Waals surface area (Å²) in [4.78, 5) is 10.2. The number of hydrogen-bond acceptors (Lipinski definition) is 5. The van der Waals surface area contributed by atoms with Crippen molar-refractivity contribution in [2.24, 2.45) is 5.92 Å². The maximum absolute atomic E-state index is 4.62. The highest BCUT2D eigenvalue weighted by Crippen LogP contribution is 2.30. The highest BCUT2D eigenvalue weighted by molar-refractivity contribution is 7.16. The van der Waals surface area contributed by atoms with Crippen molar-refractivity contribution in [2.45, 2.75) is 39.0 Å². The van der Waals surface area contributed by atoms with Crippen molar-refractivity contribution >= 4 is 33.3 Å². The van der Waals surface area contributed by atoms with E-state index in [2.05, 4.69) is 39.0 Å². The minimum Gasteiger partial charge on any atom is -0.369 e. The van der Waals surface area contributed by atoms with Gasteiger partial charge in [-0.25, -0.2) is 4.98 Å². The van der Waals surface area contributed by atoms with Crippen LogP contribution in [0.4, 0.5) is 11.8 Å². The van der Waals surface area contributed by atoms with E-state index in [0.29, 0.717) is 0 Å². The van der Waals surface area contributed by atoms with Crippen LogP contribution in [-0.2, 0) is 0 Å². The first-order chi connectivity index (χ1) is 9.86. The summed E-state index contributed by atoms with van der Waals surface area (Å²) in [6.45, 7) is 4.08. The third-order valence-electron chi connectivity index (χ3n) is 3.93. The van der Waals surface area contributed by atoms with Gasteiger partial charge in [0.05, 0.1) is 5.39 Å². The van der Waals surface area contributed by atoms with Gasteiger partial charge in [-0.2, -0.15) is 4.98 Å². The number of nitrogens with one attached hydrogen (secondary N) is 2. The van der Waals surface area contributed by atoms with Gasteiger partial charge in [-0.15, -0.1) is 11.3 Å². The van der Waals surface area contributed by atoms with Crippen molar-refractivity contribution in [3.63, 3.8) is 0 Å². The number of anilines is 2. The van der Waals surface area contributed by atoms with Crippen LogP contribution in [0, 0.1) is 5.92 Å². The molecular weight excluding hydrogens is 268 g/mol. The zero-order chi connectivity index (χ0) is 13.8. The van der Waals surface area contributed by atoms with Crippen LogP contribution >= 0.6 is 11.3 Å². The van der Waals surface area contributed by atoms with Gasteiger partial charge in [-0.3, -0.25) is 0 Å². The predicted molar refractivity (Wildman–Crippen MR) is 86.6 cm³/mol. The van der Waals surface area contributed by atoms with E-state index in [1.807, 2.05) is 0 Å². The van der Waals surface area contributed by atoms with Crippen LogP contribution in [0.15, 0.2) is 11.4 Å². The number of nitrogens with zero attached hydrogens (tertiary/aromatic N) is 2. The lowest BCUT2D eigenvalue weighted by atomic mass is 9.83. The normalized spacial score (nSPS) is 15.2. The van der Waals surface area contributed by atoms with Crippen LogP contribution in [0.2, 0.25) is 0 Å². The number of hydrogen-bond donors (Lipinski definition) is 2. The van der Waals surface area contributed by atoms with E-state index in [-0.39, 0.29) is 0 Å². The minimum absolute atomic E-state index is 0.743. The van der Waals surface area contributed by atoms with Crippen molar-refractivity contribution in [1.82, 2.24) is 9.97 Å². The van der Waals surface area contributed by atoms with Crippen molar-refractivity contribution in [2.75, 3.05) is 23.7 Å². The molecule has 4 nitrogen and oxygen atoms in total. The first-order valence-electron chi connectivity index (χ1n) is 7.60. The summed E-state index contributed by atoms with van der Waals surface area (Å²) in [5.74, 6) is 2.65. The van der Waals surface area contributed by atoms with Crippen molar-refractivity contribution < 1.29 is 0 Å². The molecule has 0 spiro atoms. The summed E-state index contributed by atoms with van der Waals surface area (Å²) in [5, 5.41) is 10.0. The minimum atomic E-state index is 0.743. The van der Waals surface area contributed by atoms with Gasteiger partial charge in [0.2, 0.25) is 5.95 Å². The summed E-state index contributed by atoms with van der Waals surface area (Å²) in [5.41, 5.74) is 0. The number of rotatable bonds is 7. The summed E-state index contributed by atoms with van der Waals surface area (Å²) in [7, 11) is 0. The molecular formula is C15H22N4S. The standard InChI is InChI=1S/C15H22N4S/c1-2-8-17-15-18-13(12-7-10-20-14(12)19-15)16-9-6-11-4-3-5-11/h7,10-11H,2-6,8-9H2,1H3,(H2,16,17,18,19). The maximum atomic E-state index is 4.62. The molecule has 0 unspecified atom stereocenters. The highest BCUT2D eigenvalue weighted by atomic mass is 32.1. The molecule has 2 N–H and O–H groups in total. The Morgan fingerprint density at radius 1 is 1.25 bits per heavy atom. The molecule has 3 rings (SSSR count). The largest absolute Gasteiger partial charge is 0.369 e. The quantitative estimate of drug-likeness (QED) is 0.805. The Labute approximate surface area is 124 Å². The molecule has 2 heterocycles. The van der Waals surface area contributed by atoms with Crippen molar-refractivity contribution in [1.29, 1.82) is 0 Å². The second-order valence-electron chi connectivity index (χ2n) is 5.47. The van der Waals surface area contributed by atoms with E-state index in [1.54, 1.807) is 11.3 Å². The molecule has 1 fully saturated rings. The molecule has 0 aromatic carbocycles. The predicted octanol–water partition coefficient (Wildman–Crippen LogP) is 4.12. The second kappa shape index (κ2) is 6.39. The molecule has 0 amide bonds. The topological polar surface area (TPSA) is 49.8 Å². The number of fused-ring (bicyclic) bond motifs is 1. The summed E-state index contributed by atoms with van der Waals surface area (Å²) in [6, 6.07) is 2.11. The van der Waals surface area contributed by atoms with Crippen LogP contribution < -0.4 is 10.6 Å². The third kappa shape index (κ3) is 3.03. The summed E-state index contributed by atoms with van der Waals surface area (Å²) >= 11 is 1.67. The van der Waals surface area contributed by atoms with Gasteiger partial charge in [0.25, 0.3) is 0 Å². The molecule has 2 aromatic heterocycles. The fourth-order valence-electron chi connectivity index (χ4n) is 2.48. The lowest BCUT2D eigenvalue weighted by Gasteiger charge is -2.25. The van der Waals surface area contributed by atoms with E-state index >= 15 is 0 Å². The highest BCUT2D eigenvalue weighted by Gasteiger charge is 2.17. The van der Waals surface area contributed by atoms with Crippen molar-refractivity contribution in [3.05, 3.63) is 11.4 Å². The molecule has 1 aliphatic carbocycles. The monoisotopic (exact) mass is 290 g/mol. The first kappa shape index (κ1) is 13.6. The van der Waals surface area contributed by atoms with E-state index in [4.69, 9.17) is 0 Å². The zero-order valence-electron chi connectivity index (χ0n) is 12.0. The smallest absolute Gasteiger partial charge is 0.226 e. The Morgan fingerprint density at radius 2 is 2.15 bits per heavy atom. The van der Waals surface area contributed by atoms with Crippen LogP contribution in [-0.4, -0.2) is 23.1 Å². The molecule has 1 aliphatic rings. The first-order valence-corrected chi connectivity index (χ1v) is 8.47. The van der Waals surface area contributed by atoms with Gasteiger partial charge < -0.3 is 10.6 Å². The lowest BCUT2D eigenvalue weighted by molar-refractivity contribution is 0.303. The Kier molecular flexibility index (Phi) is 4.35. The summed E-state index contributed by atoms with van der Waals surface area (Å²) in [6.07, 6.45) is 6.56. The van der Waals surface area contributed by atoms with Crippen LogP contribution in [0.1, 0.15) is 39.0 Å².